The fraction of sp³-hybridized carbons (Fsp3) is 0.0175. The van der Waals surface area contributed by atoms with E-state index in [0.29, 0.717) is 0 Å². The summed E-state index contributed by atoms with van der Waals surface area (Å²) in [7, 11) is 0. The van der Waals surface area contributed by atoms with Crippen LogP contribution < -0.4 is 4.74 Å². The molecule has 0 unspecified atom stereocenters. The van der Waals surface area contributed by atoms with Crippen molar-refractivity contribution in [1.82, 2.24) is 0 Å². The molecule has 3 aliphatic rings. The molecule has 0 N–H and O–H groups in total. The molecule has 2 aliphatic carbocycles. The molecule has 1 aromatic heterocycles. The van der Waals surface area contributed by atoms with Crippen molar-refractivity contribution in [2.75, 3.05) is 0 Å². The van der Waals surface area contributed by atoms with Gasteiger partial charge in [0.1, 0.15) is 22.7 Å². The molecule has 1 aliphatic heterocycles. The normalized spacial score (nSPS) is 13.7. The summed E-state index contributed by atoms with van der Waals surface area (Å²) >= 11 is 0. The van der Waals surface area contributed by atoms with Gasteiger partial charge in [0, 0.05) is 21.7 Å². The van der Waals surface area contributed by atoms with Crippen LogP contribution in [0.1, 0.15) is 22.3 Å². The summed E-state index contributed by atoms with van der Waals surface area (Å²) in [5.41, 5.74) is 18.9. The van der Waals surface area contributed by atoms with Gasteiger partial charge in [-0.1, -0.05) is 146 Å². The van der Waals surface area contributed by atoms with Gasteiger partial charge in [-0.05, 0) is 137 Å². The Bertz CT molecular complexity index is 3610. The third-order valence-corrected chi connectivity index (χ3v) is 13.5. The van der Waals surface area contributed by atoms with Crippen LogP contribution in [0.25, 0.3) is 99.1 Å². The van der Waals surface area contributed by atoms with Gasteiger partial charge in [-0.3, -0.25) is 0 Å². The Kier molecular flexibility index (Phi) is 5.99. The van der Waals surface area contributed by atoms with Gasteiger partial charge in [-0.25, -0.2) is 0 Å². The summed E-state index contributed by atoms with van der Waals surface area (Å²) in [4.78, 5) is 0. The molecule has 2 nitrogen and oxygen atoms in total. The summed E-state index contributed by atoms with van der Waals surface area (Å²) < 4.78 is 12.9. The van der Waals surface area contributed by atoms with Crippen molar-refractivity contribution in [3.05, 3.63) is 216 Å². The lowest BCUT2D eigenvalue weighted by Gasteiger charge is -2.31. The maximum absolute atomic E-state index is 6.52. The van der Waals surface area contributed by atoms with Crippen molar-refractivity contribution in [3.8, 4) is 67.1 Å². The minimum Gasteiger partial charge on any atom is -0.456 e. The van der Waals surface area contributed by atoms with Crippen molar-refractivity contribution in [1.29, 1.82) is 0 Å². The fourth-order valence-corrected chi connectivity index (χ4v) is 11.1. The zero-order valence-electron chi connectivity index (χ0n) is 31.8. The summed E-state index contributed by atoms with van der Waals surface area (Å²) in [6.45, 7) is 0. The van der Waals surface area contributed by atoms with Crippen LogP contribution in [0.15, 0.2) is 199 Å². The smallest absolute Gasteiger partial charge is 0.136 e. The van der Waals surface area contributed by atoms with Crippen LogP contribution in [0.2, 0.25) is 0 Å². The number of hydrogen-bond acceptors (Lipinski definition) is 2. The number of rotatable bonds is 2. The molecule has 2 heterocycles. The molecule has 0 amide bonds. The number of para-hydroxylation sites is 2. The van der Waals surface area contributed by atoms with Gasteiger partial charge in [-0.2, -0.15) is 0 Å². The van der Waals surface area contributed by atoms with Crippen LogP contribution in [0.5, 0.6) is 11.5 Å². The molecule has 0 saturated heterocycles. The van der Waals surface area contributed by atoms with Gasteiger partial charge < -0.3 is 9.15 Å². The highest BCUT2D eigenvalue weighted by Crippen LogP contribution is 2.64. The standard InChI is InChI=1S/C57H32O2/c1-5-19-48-38(12-1)39-13-2-6-20-49(39)57(48)50-30-34(37-27-28-54-56-44(37)17-10-18-45(56)42-15-4-8-22-53(42)58-54)23-25-40(50)47-29-33-11-9-16-36(46(33)32-51(47)57)35-24-26-43-41-14-3-7-21-52(41)59-55(43)31-35/h1-32H. The first-order valence-corrected chi connectivity index (χ1v) is 20.4. The van der Waals surface area contributed by atoms with Crippen LogP contribution in [0, 0.1) is 0 Å². The molecule has 1 spiro atoms. The largest absolute Gasteiger partial charge is 0.456 e. The molecular weight excluding hydrogens is 717 g/mol. The lowest BCUT2D eigenvalue weighted by atomic mass is 9.70. The molecule has 0 radical (unpaired) electrons. The van der Waals surface area contributed by atoms with Crippen LogP contribution in [0.3, 0.4) is 0 Å². The average Bonchev–Trinajstić information content (AvgIpc) is 3.91. The van der Waals surface area contributed by atoms with Crippen LogP contribution >= 0.6 is 0 Å². The molecule has 14 rings (SSSR count). The molecule has 0 bridgehead atoms. The Morgan fingerprint density at radius 1 is 0.305 bits per heavy atom. The topological polar surface area (TPSA) is 22.4 Å². The third kappa shape index (κ3) is 4.00. The van der Waals surface area contributed by atoms with Crippen molar-refractivity contribution in [2.24, 2.45) is 0 Å². The number of benzene rings is 10. The number of fused-ring (bicyclic) bond motifs is 16. The highest BCUT2D eigenvalue weighted by atomic mass is 16.5. The van der Waals surface area contributed by atoms with E-state index >= 15 is 0 Å². The van der Waals surface area contributed by atoms with Crippen molar-refractivity contribution < 1.29 is 9.15 Å². The van der Waals surface area contributed by atoms with E-state index in [4.69, 9.17) is 9.15 Å². The average molecular weight is 749 g/mol. The number of furan rings is 1. The van der Waals surface area contributed by atoms with E-state index in [-0.39, 0.29) is 0 Å². The van der Waals surface area contributed by atoms with Crippen LogP contribution in [0.4, 0.5) is 0 Å². The van der Waals surface area contributed by atoms with Crippen molar-refractivity contribution >= 4 is 43.5 Å². The molecule has 10 aromatic carbocycles. The summed E-state index contributed by atoms with van der Waals surface area (Å²) in [5.74, 6) is 1.81. The lowest BCUT2D eigenvalue weighted by molar-refractivity contribution is 0.487. The predicted molar refractivity (Wildman–Crippen MR) is 241 cm³/mol. The number of hydrogen-bond donors (Lipinski definition) is 0. The van der Waals surface area contributed by atoms with E-state index in [1.165, 1.54) is 88.3 Å². The zero-order valence-corrected chi connectivity index (χ0v) is 31.8. The Balaban J connectivity index is 1.03. The Labute approximate surface area is 340 Å². The minimum atomic E-state index is -0.508. The predicted octanol–water partition coefficient (Wildman–Crippen LogP) is 15.3. The fourth-order valence-electron chi connectivity index (χ4n) is 11.1. The van der Waals surface area contributed by atoms with E-state index in [1.54, 1.807) is 0 Å². The first kappa shape index (κ1) is 31.4. The molecule has 59 heavy (non-hydrogen) atoms. The Morgan fingerprint density at radius 2 is 0.915 bits per heavy atom. The van der Waals surface area contributed by atoms with Crippen molar-refractivity contribution in [2.45, 2.75) is 5.41 Å². The van der Waals surface area contributed by atoms with Gasteiger partial charge in [0.25, 0.3) is 0 Å². The molecule has 0 atom stereocenters. The Morgan fingerprint density at radius 3 is 1.80 bits per heavy atom. The van der Waals surface area contributed by atoms with Crippen LogP contribution in [-0.4, -0.2) is 0 Å². The minimum absolute atomic E-state index is 0.508. The second-order valence-corrected chi connectivity index (χ2v) is 16.3. The molecular formula is C57H32O2. The summed E-state index contributed by atoms with van der Waals surface area (Å²) in [5, 5.41) is 7.11. The van der Waals surface area contributed by atoms with Gasteiger partial charge >= 0.3 is 0 Å². The van der Waals surface area contributed by atoms with Crippen molar-refractivity contribution in [3.63, 3.8) is 0 Å². The number of ether oxygens (including phenoxy) is 1. The quantitative estimate of drug-likeness (QED) is 0.176. The first-order chi connectivity index (χ1) is 29.2. The zero-order chi connectivity index (χ0) is 38.4. The van der Waals surface area contributed by atoms with Gasteiger partial charge in [-0.15, -0.1) is 0 Å². The third-order valence-electron chi connectivity index (χ3n) is 13.5. The molecule has 11 aromatic rings. The second kappa shape index (κ2) is 11.2. The van der Waals surface area contributed by atoms with Gasteiger partial charge in [0.05, 0.1) is 5.41 Å². The van der Waals surface area contributed by atoms with Gasteiger partial charge in [0.2, 0.25) is 0 Å². The lowest BCUT2D eigenvalue weighted by Crippen LogP contribution is -2.26. The molecule has 272 valence electrons. The Hall–Kier alpha value is -7.68. The van der Waals surface area contributed by atoms with E-state index in [1.807, 2.05) is 12.1 Å². The molecule has 2 heteroatoms. The molecule has 0 fully saturated rings. The van der Waals surface area contributed by atoms with E-state index < -0.39 is 5.41 Å². The first-order valence-electron chi connectivity index (χ1n) is 20.4. The van der Waals surface area contributed by atoms with E-state index in [2.05, 4.69) is 182 Å². The summed E-state index contributed by atoms with van der Waals surface area (Å²) in [6, 6.07) is 71.5. The monoisotopic (exact) mass is 748 g/mol. The highest BCUT2D eigenvalue weighted by Gasteiger charge is 2.52. The maximum atomic E-state index is 6.52. The summed E-state index contributed by atoms with van der Waals surface area (Å²) in [6.07, 6.45) is 0. The highest BCUT2D eigenvalue weighted by molar-refractivity contribution is 6.11. The maximum Gasteiger partial charge on any atom is 0.136 e. The second-order valence-electron chi connectivity index (χ2n) is 16.3. The van der Waals surface area contributed by atoms with Crippen LogP contribution in [-0.2, 0) is 5.41 Å². The van der Waals surface area contributed by atoms with E-state index in [9.17, 15) is 0 Å². The SMILES string of the molecule is c1ccc2c(c1)Oc1ccc(-c3ccc4c(c3)C3(c5ccccc5-c5ccccc53)c3cc5c(-c6ccc7c(c6)oc6ccccc67)cccc5cc3-4)c3cccc-2c13. The van der Waals surface area contributed by atoms with Gasteiger partial charge in [0.15, 0.2) is 0 Å². The van der Waals surface area contributed by atoms with E-state index in [0.717, 1.165) is 44.6 Å². The molecule has 0 saturated carbocycles.